The molecule has 28 heavy (non-hydrogen) atoms. The minimum Gasteiger partial charge on any atom is -0.497 e. The van der Waals surface area contributed by atoms with Crippen LogP contribution in [-0.4, -0.2) is 35.8 Å². The van der Waals surface area contributed by atoms with Crippen LogP contribution >= 0.6 is 0 Å². The van der Waals surface area contributed by atoms with E-state index >= 15 is 0 Å². The maximum absolute atomic E-state index is 12.5. The summed E-state index contributed by atoms with van der Waals surface area (Å²) in [4.78, 5) is 19.6. The number of hydrogen-bond donors (Lipinski definition) is 2. The zero-order valence-electron chi connectivity index (χ0n) is 15.1. The van der Waals surface area contributed by atoms with Crippen molar-refractivity contribution in [1.82, 2.24) is 15.3 Å². The zero-order valence-corrected chi connectivity index (χ0v) is 15.1. The molecule has 6 nitrogen and oxygen atoms in total. The van der Waals surface area contributed by atoms with Gasteiger partial charge in [-0.3, -0.25) is 9.78 Å². The standard InChI is InChI=1S/C19H18F3N3O3/c1-11(15-6-5-14(9-23-15)28-10-19(20,21)22)24-18(26)17-7-12-3-4-13(27-2)8-16(12)25-17/h3-9,11,25H,10H2,1-2H3,(H,24,26)/t11-/m1/s1. The van der Waals surface area contributed by atoms with Crippen molar-refractivity contribution in [2.45, 2.75) is 19.1 Å². The number of alkyl halides is 3. The number of methoxy groups -OCH3 is 1. The number of halogens is 3. The van der Waals surface area contributed by atoms with Gasteiger partial charge in [-0.25, -0.2) is 0 Å². The number of H-pyrrole nitrogens is 1. The van der Waals surface area contributed by atoms with E-state index in [9.17, 15) is 18.0 Å². The van der Waals surface area contributed by atoms with Crippen LogP contribution in [0.4, 0.5) is 13.2 Å². The van der Waals surface area contributed by atoms with E-state index in [4.69, 9.17) is 4.74 Å². The van der Waals surface area contributed by atoms with Crippen LogP contribution < -0.4 is 14.8 Å². The van der Waals surface area contributed by atoms with Crippen LogP contribution in [0.5, 0.6) is 11.5 Å². The summed E-state index contributed by atoms with van der Waals surface area (Å²) < 4.78 is 46.3. The Balaban J connectivity index is 1.65. The second-order valence-corrected chi connectivity index (χ2v) is 6.15. The number of rotatable bonds is 6. The molecule has 148 valence electrons. The van der Waals surface area contributed by atoms with Crippen LogP contribution in [0.3, 0.4) is 0 Å². The molecule has 2 N–H and O–H groups in total. The lowest BCUT2D eigenvalue weighted by Crippen LogP contribution is -2.27. The number of nitrogens with zero attached hydrogens (tertiary/aromatic N) is 1. The molecule has 9 heteroatoms. The maximum Gasteiger partial charge on any atom is 0.422 e. The predicted octanol–water partition coefficient (Wildman–Crippen LogP) is 4.00. The number of aromatic nitrogens is 2. The Morgan fingerprint density at radius 1 is 1.21 bits per heavy atom. The number of carbonyl (C=O) groups is 1. The summed E-state index contributed by atoms with van der Waals surface area (Å²) in [6, 6.07) is 9.58. The fourth-order valence-corrected chi connectivity index (χ4v) is 2.60. The largest absolute Gasteiger partial charge is 0.497 e. The quantitative estimate of drug-likeness (QED) is 0.664. The lowest BCUT2D eigenvalue weighted by molar-refractivity contribution is -0.153. The molecule has 1 aromatic carbocycles. The van der Waals surface area contributed by atoms with Gasteiger partial charge in [-0.05, 0) is 37.3 Å². The van der Waals surface area contributed by atoms with Crippen molar-refractivity contribution in [3.05, 3.63) is 54.0 Å². The molecule has 2 aromatic heterocycles. The molecule has 0 bridgehead atoms. The minimum absolute atomic E-state index is 0.00386. The first kappa shape index (κ1) is 19.5. The monoisotopic (exact) mass is 393 g/mol. The van der Waals surface area contributed by atoms with E-state index in [-0.39, 0.29) is 11.7 Å². The van der Waals surface area contributed by atoms with Crippen molar-refractivity contribution < 1.29 is 27.4 Å². The molecule has 0 saturated carbocycles. The number of benzene rings is 1. The third-order valence-electron chi connectivity index (χ3n) is 4.03. The molecule has 0 aliphatic carbocycles. The van der Waals surface area contributed by atoms with Crippen molar-refractivity contribution in [3.8, 4) is 11.5 Å². The minimum atomic E-state index is -4.41. The normalized spacial score (nSPS) is 12.6. The second-order valence-electron chi connectivity index (χ2n) is 6.15. The lowest BCUT2D eigenvalue weighted by atomic mass is 10.2. The topological polar surface area (TPSA) is 76.2 Å². The third-order valence-corrected chi connectivity index (χ3v) is 4.03. The molecule has 3 aromatic rings. The molecule has 1 amide bonds. The fourth-order valence-electron chi connectivity index (χ4n) is 2.60. The highest BCUT2D eigenvalue weighted by Gasteiger charge is 2.28. The summed E-state index contributed by atoms with van der Waals surface area (Å²) in [5.41, 5.74) is 1.63. The fraction of sp³-hybridized carbons (Fsp3) is 0.263. The van der Waals surface area contributed by atoms with E-state index in [0.717, 1.165) is 10.9 Å². The van der Waals surface area contributed by atoms with Crippen molar-refractivity contribution >= 4 is 16.8 Å². The van der Waals surface area contributed by atoms with Crippen LogP contribution in [0.15, 0.2) is 42.6 Å². The second kappa shape index (κ2) is 7.79. The van der Waals surface area contributed by atoms with E-state index in [1.165, 1.54) is 18.3 Å². The van der Waals surface area contributed by atoms with Crippen molar-refractivity contribution in [1.29, 1.82) is 0 Å². The molecular formula is C19H18F3N3O3. The number of pyridine rings is 1. The van der Waals surface area contributed by atoms with E-state index in [1.54, 1.807) is 32.2 Å². The Morgan fingerprint density at radius 2 is 1.96 bits per heavy atom. The van der Waals surface area contributed by atoms with Gasteiger partial charge in [-0.15, -0.1) is 0 Å². The molecule has 0 saturated heterocycles. The van der Waals surface area contributed by atoms with Crippen molar-refractivity contribution in [3.63, 3.8) is 0 Å². The third kappa shape index (κ3) is 4.73. The molecule has 3 rings (SSSR count). The molecule has 0 aliphatic rings. The first-order valence-corrected chi connectivity index (χ1v) is 8.38. The van der Waals surface area contributed by atoms with E-state index in [1.807, 2.05) is 6.07 Å². The maximum atomic E-state index is 12.5. The number of carbonyl (C=O) groups excluding carboxylic acids is 1. The average Bonchev–Trinajstić information content (AvgIpc) is 3.09. The number of nitrogens with one attached hydrogen (secondary N) is 2. The van der Waals surface area contributed by atoms with E-state index < -0.39 is 18.8 Å². The van der Waals surface area contributed by atoms with Gasteiger partial charge >= 0.3 is 6.18 Å². The molecule has 1 atom stereocenters. The first-order valence-electron chi connectivity index (χ1n) is 8.38. The van der Waals surface area contributed by atoms with Crippen LogP contribution in [0, 0.1) is 0 Å². The van der Waals surface area contributed by atoms with Crippen LogP contribution in [0.2, 0.25) is 0 Å². The Hall–Kier alpha value is -3.23. The highest BCUT2D eigenvalue weighted by molar-refractivity contribution is 5.98. The van der Waals surface area contributed by atoms with Gasteiger partial charge < -0.3 is 19.8 Å². The molecule has 0 fully saturated rings. The van der Waals surface area contributed by atoms with E-state index in [0.29, 0.717) is 17.1 Å². The van der Waals surface area contributed by atoms with E-state index in [2.05, 4.69) is 20.0 Å². The Bertz CT molecular complexity index is 968. The number of fused-ring (bicyclic) bond motifs is 1. The summed E-state index contributed by atoms with van der Waals surface area (Å²) >= 11 is 0. The number of hydrogen-bond acceptors (Lipinski definition) is 4. The van der Waals surface area contributed by atoms with Crippen molar-refractivity contribution in [2.75, 3.05) is 13.7 Å². The molecular weight excluding hydrogens is 375 g/mol. The summed E-state index contributed by atoms with van der Waals surface area (Å²) in [5, 5.41) is 3.66. The van der Waals surface area contributed by atoms with Gasteiger partial charge in [0.2, 0.25) is 0 Å². The number of amides is 1. The predicted molar refractivity (Wildman–Crippen MR) is 96.5 cm³/mol. The summed E-state index contributed by atoms with van der Waals surface area (Å²) in [7, 11) is 1.56. The Labute approximate surface area is 158 Å². The number of ether oxygens (including phenoxy) is 2. The summed E-state index contributed by atoms with van der Waals surface area (Å²) in [6.07, 6.45) is -3.22. The summed E-state index contributed by atoms with van der Waals surface area (Å²) in [6.45, 7) is 0.341. The van der Waals surface area contributed by atoms with Crippen LogP contribution in [0.1, 0.15) is 29.1 Å². The molecule has 2 heterocycles. The van der Waals surface area contributed by atoms with Gasteiger partial charge in [-0.1, -0.05) is 0 Å². The number of aromatic amines is 1. The first-order chi connectivity index (χ1) is 13.2. The van der Waals surface area contributed by atoms with Gasteiger partial charge in [0.15, 0.2) is 6.61 Å². The molecule has 0 radical (unpaired) electrons. The van der Waals surface area contributed by atoms with Crippen molar-refractivity contribution in [2.24, 2.45) is 0 Å². The highest BCUT2D eigenvalue weighted by atomic mass is 19.4. The lowest BCUT2D eigenvalue weighted by Gasteiger charge is -2.14. The van der Waals surface area contributed by atoms with Gasteiger partial charge in [0.05, 0.1) is 25.0 Å². The van der Waals surface area contributed by atoms with Gasteiger partial charge in [-0.2, -0.15) is 13.2 Å². The zero-order chi connectivity index (χ0) is 20.3. The summed E-state index contributed by atoms with van der Waals surface area (Å²) in [5.74, 6) is 0.345. The molecule has 0 spiro atoms. The van der Waals surface area contributed by atoms with Crippen LogP contribution in [-0.2, 0) is 0 Å². The smallest absolute Gasteiger partial charge is 0.422 e. The van der Waals surface area contributed by atoms with Gasteiger partial charge in [0.1, 0.15) is 17.2 Å². The molecule has 0 aliphatic heterocycles. The van der Waals surface area contributed by atoms with Gasteiger partial charge in [0, 0.05) is 17.0 Å². The van der Waals surface area contributed by atoms with Crippen LogP contribution in [0.25, 0.3) is 10.9 Å². The van der Waals surface area contributed by atoms with Gasteiger partial charge in [0.25, 0.3) is 5.91 Å². The SMILES string of the molecule is COc1ccc2cc(C(=O)N[C@H](C)c3ccc(OCC(F)(F)F)cn3)[nH]c2c1. The average molecular weight is 393 g/mol. The Kier molecular flexibility index (Phi) is 5.43. The molecule has 0 unspecified atom stereocenters. The highest BCUT2D eigenvalue weighted by Crippen LogP contribution is 2.22. The Morgan fingerprint density at radius 3 is 2.61 bits per heavy atom.